The molecule has 0 radical (unpaired) electrons. The van der Waals surface area contributed by atoms with E-state index < -0.39 is 0 Å². The fraction of sp³-hybridized carbons (Fsp3) is 0.0278. The van der Waals surface area contributed by atoms with Crippen LogP contribution in [0.25, 0.3) is 263 Å². The van der Waals surface area contributed by atoms with E-state index in [0.29, 0.717) is 0 Å². The van der Waals surface area contributed by atoms with Gasteiger partial charge in [0.25, 0.3) is 0 Å². The first kappa shape index (κ1) is 85.4. The van der Waals surface area contributed by atoms with Gasteiger partial charge >= 0.3 is 0 Å². The summed E-state index contributed by atoms with van der Waals surface area (Å²) < 4.78 is 25.1. The zero-order valence-corrected chi connectivity index (χ0v) is 81.2. The largest absolute Gasteiger partial charge is 0.484 e. The third-order valence-corrected chi connectivity index (χ3v) is 32.0. The van der Waals surface area contributed by atoms with Crippen molar-refractivity contribution in [2.75, 3.05) is 0 Å². The molecule has 4 atom stereocenters. The number of aromatic nitrogens is 2. The smallest absolute Gasteiger partial charge is 0.148 e. The molecule has 32 rings (SSSR count). The number of furan rings is 1. The Morgan fingerprint density at radius 1 is 0.181 bits per heavy atom. The average Bonchev–Trinajstić information content (AvgIpc) is 1.61. The molecule has 5 heterocycles. The van der Waals surface area contributed by atoms with E-state index in [0.717, 1.165) is 56.1 Å². The van der Waals surface area contributed by atoms with E-state index in [-0.39, 0.29) is 24.0 Å². The van der Waals surface area contributed by atoms with Crippen LogP contribution >= 0.6 is 0 Å². The number of fused-ring (bicyclic) bond motifs is 23. The summed E-state index contributed by atoms with van der Waals surface area (Å²) >= 11 is 0. The van der Waals surface area contributed by atoms with Crippen molar-refractivity contribution in [1.29, 1.82) is 0 Å². The molecule has 5 heteroatoms. The van der Waals surface area contributed by atoms with Crippen LogP contribution in [0, 0.1) is 0 Å². The SMILES string of the molecule is C1=CC2Oc3c(-c4ccc5c(c4)c4ccccc4n5-c4ccccc4)ccc(-c4c5ccccc5c(-c5cccc6ccccc56)c5ccccc45)c3C2C=C1.C1=CC2Oc3c(-n4c5ccccc5c5cc6ccccc6cc54)ccc(-c4c5ccccc5c(-c5cccc6ccccc56)c5ccccc45)c3C2C=C1.c1ccc(-c2ccc(-c3c4ccccc4c(-c4cccc5ccccc45)c4ccccc34)c3ccoc23)cc1. The van der Waals surface area contributed by atoms with Gasteiger partial charge in [0.2, 0.25) is 0 Å². The Bertz CT molecular complexity index is 10400. The first-order valence-corrected chi connectivity index (χ1v) is 51.7. The van der Waals surface area contributed by atoms with Crippen LogP contribution in [0.15, 0.2) is 539 Å². The van der Waals surface area contributed by atoms with Crippen LogP contribution in [-0.2, 0) is 0 Å². The molecular weight excluding hydrogens is 1810 g/mol. The van der Waals surface area contributed by atoms with Crippen molar-refractivity contribution in [3.8, 4) is 112 Å². The van der Waals surface area contributed by atoms with Crippen LogP contribution in [0.5, 0.6) is 11.5 Å². The zero-order chi connectivity index (χ0) is 97.8. The van der Waals surface area contributed by atoms with Crippen molar-refractivity contribution in [3.05, 3.63) is 545 Å². The lowest BCUT2D eigenvalue weighted by Gasteiger charge is -2.22. The Morgan fingerprint density at radius 2 is 0.510 bits per heavy atom. The number of allylic oxidation sites excluding steroid dienone is 4. The number of para-hydroxylation sites is 3. The maximum Gasteiger partial charge on any atom is 0.148 e. The fourth-order valence-electron chi connectivity index (χ4n) is 25.6. The first-order chi connectivity index (χ1) is 74.0. The van der Waals surface area contributed by atoms with Crippen molar-refractivity contribution in [2.45, 2.75) is 24.0 Å². The van der Waals surface area contributed by atoms with Gasteiger partial charge in [0, 0.05) is 66.7 Å². The van der Waals surface area contributed by atoms with Gasteiger partial charge in [-0.15, -0.1) is 0 Å². The van der Waals surface area contributed by atoms with Gasteiger partial charge in [-0.2, -0.15) is 0 Å². The standard InChI is InChI=1S/C54H35NO.C52H33NO.C38H24O/c1-2-17-36(18-3-1)55-48-27-12-10-20-39(48)47-33-35(29-32-49(47)55)38-30-31-46(53-45-25-11-13-28-50(45)56-54(38)53)52-43-23-8-6-21-41(43)51(42-22-7-9-24-44(42)52)40-26-14-16-34-15-4-5-19-37(34)40;1-2-16-34-31-47-44(30-33(34)15-1)36-19-9-11-26-45(36)53(47)46-29-28-43(51-42-24-10-12-27-48(42)54-52(46)51)50-40-22-7-5-20-38(40)49(39-21-6-8-23-41(39)50)37-25-13-17-32-14-3-4-18-35(32)37;1-2-11-26(12-3-1)28-21-22-34(35-23-24-39-38(28)35)37-32-18-8-6-16-30(32)36(31-17-7-9-19-33(31)37)29-20-10-14-25-13-4-5-15-27(25)29/h1-33,45,50H;1-31,42,48H;1-24H. The molecule has 0 bridgehead atoms. The molecule has 4 aliphatic rings. The minimum Gasteiger partial charge on any atom is -0.484 e. The molecule has 0 saturated heterocycles. The van der Waals surface area contributed by atoms with Crippen LogP contribution in [0.4, 0.5) is 0 Å². The Balaban J connectivity index is 0.000000105. The number of rotatable bonds is 10. The quantitative estimate of drug-likeness (QED) is 0.128. The lowest BCUT2D eigenvalue weighted by atomic mass is 9.80. The molecule has 25 aromatic carbocycles. The summed E-state index contributed by atoms with van der Waals surface area (Å²) in [5.74, 6) is 2.13. The molecule has 0 spiro atoms. The second kappa shape index (κ2) is 34.8. The second-order valence-electron chi connectivity index (χ2n) is 39.8. The summed E-state index contributed by atoms with van der Waals surface area (Å²) in [7, 11) is 0. The maximum atomic E-state index is 7.12. The molecule has 3 aromatic heterocycles. The molecule has 2 aliphatic heterocycles. The molecular formula is C144H92N2O3. The Labute approximate surface area is 860 Å². The number of benzene rings is 25. The lowest BCUT2D eigenvalue weighted by molar-refractivity contribution is 0.268. The molecule has 149 heavy (non-hydrogen) atoms. The van der Waals surface area contributed by atoms with Crippen molar-refractivity contribution in [1.82, 2.24) is 9.13 Å². The van der Waals surface area contributed by atoms with Crippen molar-refractivity contribution in [3.63, 3.8) is 0 Å². The molecule has 5 nitrogen and oxygen atoms in total. The third kappa shape index (κ3) is 13.6. The highest BCUT2D eigenvalue weighted by Crippen LogP contribution is 2.59. The van der Waals surface area contributed by atoms with Crippen LogP contribution in [0.3, 0.4) is 0 Å². The zero-order valence-electron chi connectivity index (χ0n) is 81.2. The van der Waals surface area contributed by atoms with E-state index in [1.807, 2.05) is 12.3 Å². The highest BCUT2D eigenvalue weighted by molar-refractivity contribution is 6.29. The summed E-state index contributed by atoms with van der Waals surface area (Å²) in [4.78, 5) is 0. The topological polar surface area (TPSA) is 41.5 Å². The van der Waals surface area contributed by atoms with Gasteiger partial charge in [0.05, 0.1) is 34.0 Å². The monoisotopic (exact) mass is 1900 g/mol. The number of hydrogen-bond donors (Lipinski definition) is 0. The average molecular weight is 1900 g/mol. The molecule has 0 saturated carbocycles. The normalized spacial score (nSPS) is 14.8. The summed E-state index contributed by atoms with van der Waals surface area (Å²) in [6.07, 6.45) is 19.4. The summed E-state index contributed by atoms with van der Waals surface area (Å²) in [6, 6.07) is 175. The third-order valence-electron chi connectivity index (χ3n) is 32.0. The fourth-order valence-corrected chi connectivity index (χ4v) is 25.6. The van der Waals surface area contributed by atoms with E-state index in [1.54, 1.807) is 0 Å². The van der Waals surface area contributed by atoms with Crippen molar-refractivity contribution in [2.24, 2.45) is 0 Å². The highest BCUT2D eigenvalue weighted by atomic mass is 16.5. The van der Waals surface area contributed by atoms with Gasteiger partial charge in [-0.3, -0.25) is 0 Å². The van der Waals surface area contributed by atoms with Gasteiger partial charge in [-0.1, -0.05) is 449 Å². The van der Waals surface area contributed by atoms with Crippen LogP contribution < -0.4 is 9.47 Å². The Kier molecular flexibility index (Phi) is 20.0. The van der Waals surface area contributed by atoms with Gasteiger partial charge in [-0.25, -0.2) is 0 Å². The highest BCUT2D eigenvalue weighted by Gasteiger charge is 2.41. The molecule has 4 unspecified atom stereocenters. The van der Waals surface area contributed by atoms with Gasteiger partial charge in [0.15, 0.2) is 0 Å². The molecule has 0 fully saturated rings. The minimum absolute atomic E-state index is 0.0638. The number of ether oxygens (including phenoxy) is 2. The van der Waals surface area contributed by atoms with Crippen LogP contribution in [0.1, 0.15) is 23.0 Å². The van der Waals surface area contributed by atoms with Crippen LogP contribution in [-0.4, -0.2) is 21.3 Å². The second-order valence-corrected chi connectivity index (χ2v) is 39.8. The molecule has 2 aliphatic carbocycles. The van der Waals surface area contributed by atoms with E-state index >= 15 is 0 Å². The lowest BCUT2D eigenvalue weighted by Crippen LogP contribution is -2.16. The van der Waals surface area contributed by atoms with Crippen molar-refractivity contribution >= 4 is 162 Å². The maximum absolute atomic E-state index is 7.12. The molecule has 696 valence electrons. The first-order valence-electron chi connectivity index (χ1n) is 51.7. The van der Waals surface area contributed by atoms with Crippen molar-refractivity contribution < 1.29 is 13.9 Å². The molecule has 0 N–H and O–H groups in total. The van der Waals surface area contributed by atoms with Gasteiger partial charge in [-0.05, 0) is 264 Å². The van der Waals surface area contributed by atoms with E-state index in [4.69, 9.17) is 13.9 Å². The molecule has 28 aromatic rings. The van der Waals surface area contributed by atoms with E-state index in [1.165, 1.54) is 229 Å². The van der Waals surface area contributed by atoms with Gasteiger partial charge < -0.3 is 23.0 Å². The Hall–Kier alpha value is -19.2. The molecule has 0 amide bonds. The minimum atomic E-state index is -0.0775. The van der Waals surface area contributed by atoms with Crippen LogP contribution in [0.2, 0.25) is 0 Å². The number of nitrogens with zero attached hydrogens (tertiary/aromatic N) is 2. The summed E-state index contributed by atoms with van der Waals surface area (Å²) in [5.41, 5.74) is 30.0. The predicted molar refractivity (Wildman–Crippen MR) is 627 cm³/mol. The van der Waals surface area contributed by atoms with E-state index in [9.17, 15) is 0 Å². The predicted octanol–water partition coefficient (Wildman–Crippen LogP) is 38.8. The summed E-state index contributed by atoms with van der Waals surface area (Å²) in [5, 5.41) is 31.1. The van der Waals surface area contributed by atoms with E-state index in [2.05, 4.69) is 531 Å². The Morgan fingerprint density at radius 3 is 0.980 bits per heavy atom. The van der Waals surface area contributed by atoms with Gasteiger partial charge in [0.1, 0.15) is 29.3 Å². The summed E-state index contributed by atoms with van der Waals surface area (Å²) in [6.45, 7) is 0. The number of hydrogen-bond acceptors (Lipinski definition) is 3.